The molecule has 4 nitrogen and oxygen atoms in total. The first-order chi connectivity index (χ1) is 9.67. The van der Waals surface area contributed by atoms with Gasteiger partial charge in [-0.3, -0.25) is 4.98 Å². The van der Waals surface area contributed by atoms with E-state index in [-0.39, 0.29) is 0 Å². The second kappa shape index (κ2) is 7.01. The topological polar surface area (TPSA) is 47.0 Å². The van der Waals surface area contributed by atoms with E-state index in [9.17, 15) is 0 Å². The SMILES string of the molecule is CCc1ccc(Oc2cncc(CNC(C)C)n2)cc1. The van der Waals surface area contributed by atoms with Crippen LogP contribution in [0.2, 0.25) is 0 Å². The summed E-state index contributed by atoms with van der Waals surface area (Å²) in [6, 6.07) is 8.46. The van der Waals surface area contributed by atoms with Crippen LogP contribution in [0.3, 0.4) is 0 Å². The van der Waals surface area contributed by atoms with Gasteiger partial charge in [0.2, 0.25) is 5.88 Å². The predicted octanol–water partition coefficient (Wildman–Crippen LogP) is 3.33. The summed E-state index contributed by atoms with van der Waals surface area (Å²) in [4.78, 5) is 8.60. The fourth-order valence-electron chi connectivity index (χ4n) is 1.74. The van der Waals surface area contributed by atoms with Crippen LogP contribution in [-0.2, 0) is 13.0 Å². The quantitative estimate of drug-likeness (QED) is 0.875. The van der Waals surface area contributed by atoms with Crippen LogP contribution in [0.1, 0.15) is 32.0 Å². The van der Waals surface area contributed by atoms with Crippen LogP contribution < -0.4 is 10.1 Å². The number of hydrogen-bond acceptors (Lipinski definition) is 4. The molecule has 1 heterocycles. The molecule has 20 heavy (non-hydrogen) atoms. The minimum absolute atomic E-state index is 0.419. The maximum atomic E-state index is 5.72. The van der Waals surface area contributed by atoms with Crippen molar-refractivity contribution in [2.24, 2.45) is 0 Å². The Bertz CT molecular complexity index is 538. The van der Waals surface area contributed by atoms with E-state index < -0.39 is 0 Å². The molecule has 0 aliphatic heterocycles. The van der Waals surface area contributed by atoms with Gasteiger partial charge in [-0.05, 0) is 24.1 Å². The minimum Gasteiger partial charge on any atom is -0.437 e. The van der Waals surface area contributed by atoms with Gasteiger partial charge in [0.15, 0.2) is 0 Å². The third-order valence-electron chi connectivity index (χ3n) is 2.91. The lowest BCUT2D eigenvalue weighted by atomic mass is 10.2. The summed E-state index contributed by atoms with van der Waals surface area (Å²) in [6.45, 7) is 7.02. The van der Waals surface area contributed by atoms with Gasteiger partial charge in [0, 0.05) is 18.8 Å². The van der Waals surface area contributed by atoms with Crippen LogP contribution in [0.25, 0.3) is 0 Å². The zero-order valence-electron chi connectivity index (χ0n) is 12.3. The van der Waals surface area contributed by atoms with E-state index in [1.165, 1.54) is 5.56 Å². The van der Waals surface area contributed by atoms with Crippen molar-refractivity contribution in [1.82, 2.24) is 15.3 Å². The molecule has 0 fully saturated rings. The normalized spacial score (nSPS) is 10.8. The molecule has 1 aromatic heterocycles. The molecule has 0 saturated heterocycles. The number of hydrogen-bond donors (Lipinski definition) is 1. The molecule has 2 aromatic rings. The Kier molecular flexibility index (Phi) is 5.07. The first kappa shape index (κ1) is 14.5. The molecule has 0 aliphatic rings. The third-order valence-corrected chi connectivity index (χ3v) is 2.91. The van der Waals surface area contributed by atoms with Gasteiger partial charge in [-0.1, -0.05) is 32.9 Å². The number of nitrogens with one attached hydrogen (secondary N) is 1. The first-order valence-electron chi connectivity index (χ1n) is 6.98. The molecular weight excluding hydrogens is 250 g/mol. The summed E-state index contributed by atoms with van der Waals surface area (Å²) in [6.07, 6.45) is 4.41. The highest BCUT2D eigenvalue weighted by atomic mass is 16.5. The summed E-state index contributed by atoms with van der Waals surface area (Å²) in [5.74, 6) is 1.31. The van der Waals surface area contributed by atoms with Crippen molar-refractivity contribution in [2.45, 2.75) is 39.8 Å². The molecule has 1 N–H and O–H groups in total. The lowest BCUT2D eigenvalue weighted by Gasteiger charge is -2.09. The van der Waals surface area contributed by atoms with Crippen LogP contribution in [0.5, 0.6) is 11.6 Å². The zero-order chi connectivity index (χ0) is 14.4. The van der Waals surface area contributed by atoms with Gasteiger partial charge in [-0.25, -0.2) is 4.98 Å². The van der Waals surface area contributed by atoms with Crippen LogP contribution >= 0.6 is 0 Å². The average Bonchev–Trinajstić information content (AvgIpc) is 2.46. The van der Waals surface area contributed by atoms with E-state index >= 15 is 0 Å². The van der Waals surface area contributed by atoms with Crippen LogP contribution in [0.4, 0.5) is 0 Å². The number of nitrogens with zero attached hydrogens (tertiary/aromatic N) is 2. The number of rotatable bonds is 6. The van der Waals surface area contributed by atoms with Gasteiger partial charge in [-0.2, -0.15) is 0 Å². The van der Waals surface area contributed by atoms with Gasteiger partial charge < -0.3 is 10.1 Å². The lowest BCUT2D eigenvalue weighted by molar-refractivity contribution is 0.455. The molecule has 0 atom stereocenters. The molecule has 0 saturated carbocycles. The van der Waals surface area contributed by atoms with E-state index in [0.717, 1.165) is 17.9 Å². The van der Waals surface area contributed by atoms with E-state index in [4.69, 9.17) is 4.74 Å². The number of aryl methyl sites for hydroxylation is 1. The summed E-state index contributed by atoms with van der Waals surface area (Å²) in [7, 11) is 0. The highest BCUT2D eigenvalue weighted by molar-refractivity contribution is 5.30. The number of aromatic nitrogens is 2. The second-order valence-corrected chi connectivity index (χ2v) is 4.98. The Morgan fingerprint density at radius 2 is 1.90 bits per heavy atom. The molecular formula is C16H21N3O. The maximum Gasteiger partial charge on any atom is 0.238 e. The zero-order valence-corrected chi connectivity index (χ0v) is 12.3. The van der Waals surface area contributed by atoms with Crippen LogP contribution in [-0.4, -0.2) is 16.0 Å². The van der Waals surface area contributed by atoms with Gasteiger partial charge in [0.1, 0.15) is 5.75 Å². The van der Waals surface area contributed by atoms with E-state index in [0.29, 0.717) is 18.5 Å². The monoisotopic (exact) mass is 271 g/mol. The van der Waals surface area contributed by atoms with Crippen molar-refractivity contribution in [2.75, 3.05) is 0 Å². The van der Waals surface area contributed by atoms with Crippen LogP contribution in [0, 0.1) is 0 Å². The summed E-state index contributed by atoms with van der Waals surface area (Å²) < 4.78 is 5.72. The van der Waals surface area contributed by atoms with Gasteiger partial charge >= 0.3 is 0 Å². The predicted molar refractivity (Wildman–Crippen MR) is 79.9 cm³/mol. The maximum absolute atomic E-state index is 5.72. The molecule has 0 unspecified atom stereocenters. The largest absolute Gasteiger partial charge is 0.437 e. The van der Waals surface area contributed by atoms with Crippen molar-refractivity contribution < 1.29 is 4.74 Å². The Balaban J connectivity index is 2.02. The lowest BCUT2D eigenvalue weighted by Crippen LogP contribution is -2.22. The molecule has 0 bridgehead atoms. The second-order valence-electron chi connectivity index (χ2n) is 4.98. The van der Waals surface area contributed by atoms with E-state index in [1.54, 1.807) is 12.4 Å². The number of benzene rings is 1. The van der Waals surface area contributed by atoms with Crippen molar-refractivity contribution >= 4 is 0 Å². The minimum atomic E-state index is 0.419. The molecule has 1 aromatic carbocycles. The molecule has 106 valence electrons. The Morgan fingerprint density at radius 1 is 1.15 bits per heavy atom. The molecule has 2 rings (SSSR count). The Hall–Kier alpha value is -1.94. The molecule has 0 spiro atoms. The van der Waals surface area contributed by atoms with Crippen molar-refractivity contribution in [3.8, 4) is 11.6 Å². The summed E-state index contributed by atoms with van der Waals surface area (Å²) in [5, 5.41) is 3.31. The van der Waals surface area contributed by atoms with E-state index in [1.807, 2.05) is 12.1 Å². The van der Waals surface area contributed by atoms with Crippen molar-refractivity contribution in [3.63, 3.8) is 0 Å². The fraction of sp³-hybridized carbons (Fsp3) is 0.375. The smallest absolute Gasteiger partial charge is 0.238 e. The highest BCUT2D eigenvalue weighted by Gasteiger charge is 2.02. The molecule has 0 amide bonds. The highest BCUT2D eigenvalue weighted by Crippen LogP contribution is 2.19. The van der Waals surface area contributed by atoms with Crippen molar-refractivity contribution in [1.29, 1.82) is 0 Å². The van der Waals surface area contributed by atoms with Gasteiger partial charge in [0.05, 0.1) is 11.9 Å². The Morgan fingerprint density at radius 3 is 2.55 bits per heavy atom. The fourth-order valence-corrected chi connectivity index (χ4v) is 1.74. The summed E-state index contributed by atoms with van der Waals surface area (Å²) in [5.41, 5.74) is 2.17. The third kappa shape index (κ3) is 4.31. The molecule has 0 radical (unpaired) electrons. The van der Waals surface area contributed by atoms with E-state index in [2.05, 4.69) is 48.2 Å². The van der Waals surface area contributed by atoms with Crippen molar-refractivity contribution in [3.05, 3.63) is 47.9 Å². The summed E-state index contributed by atoms with van der Waals surface area (Å²) >= 11 is 0. The average molecular weight is 271 g/mol. The molecule has 4 heteroatoms. The van der Waals surface area contributed by atoms with Gasteiger partial charge in [-0.15, -0.1) is 0 Å². The molecule has 0 aliphatic carbocycles. The Labute approximate surface area is 120 Å². The standard InChI is InChI=1S/C16H21N3O/c1-4-13-5-7-15(8-6-13)20-16-11-17-9-14(19-16)10-18-12(2)3/h5-9,11-12,18H,4,10H2,1-3H3. The van der Waals surface area contributed by atoms with Crippen LogP contribution in [0.15, 0.2) is 36.7 Å². The number of ether oxygens (including phenoxy) is 1. The first-order valence-corrected chi connectivity index (χ1v) is 6.98. The van der Waals surface area contributed by atoms with Gasteiger partial charge in [0.25, 0.3) is 0 Å².